The van der Waals surface area contributed by atoms with Gasteiger partial charge in [-0.1, -0.05) is 24.6 Å². The first-order valence-electron chi connectivity index (χ1n) is 8.35. The molecule has 2 aromatic carbocycles. The van der Waals surface area contributed by atoms with Crippen LogP contribution >= 0.6 is 15.8 Å². The van der Waals surface area contributed by atoms with Crippen LogP contribution in [0.3, 0.4) is 0 Å². The fraction of sp³-hybridized carbons (Fsp3) is 0.400. The second-order valence-electron chi connectivity index (χ2n) is 6.81. The maximum atomic E-state index is 10.4. The minimum absolute atomic E-state index is 0. The predicted octanol–water partition coefficient (Wildman–Crippen LogP) is 4.87. The van der Waals surface area contributed by atoms with E-state index in [2.05, 4.69) is 46.1 Å². The molecule has 2 aromatic rings. The molecule has 3 nitrogen and oxygen atoms in total. The van der Waals surface area contributed by atoms with E-state index < -0.39 is 10.1 Å². The summed E-state index contributed by atoms with van der Waals surface area (Å²) in [6.07, 6.45) is 0. The summed E-state index contributed by atoms with van der Waals surface area (Å²) in [6.45, 7) is 17.5. The van der Waals surface area contributed by atoms with Crippen molar-refractivity contribution < 1.29 is 29.5 Å². The van der Waals surface area contributed by atoms with Crippen LogP contribution in [0.1, 0.15) is 11.1 Å². The molecule has 0 saturated carbocycles. The third-order valence-corrected chi connectivity index (χ3v) is 3.02. The summed E-state index contributed by atoms with van der Waals surface area (Å²) in [5.41, 5.74) is 2.12. The summed E-state index contributed by atoms with van der Waals surface area (Å²) in [4.78, 5) is -0.178. The van der Waals surface area contributed by atoms with Gasteiger partial charge in [0.2, 0.25) is 0 Å². The van der Waals surface area contributed by atoms with Crippen LogP contribution < -0.4 is 0 Å². The van der Waals surface area contributed by atoms with Crippen molar-refractivity contribution in [3.05, 3.63) is 65.7 Å². The van der Waals surface area contributed by atoms with Crippen molar-refractivity contribution in [3.8, 4) is 0 Å². The topological polar surface area (TPSA) is 57.2 Å². The summed E-state index contributed by atoms with van der Waals surface area (Å²) < 4.78 is 31.2. The fourth-order valence-corrected chi connectivity index (χ4v) is 1.66. The minimum Gasteiger partial charge on any atom is -0.744 e. The Morgan fingerprint density at radius 2 is 1.22 bits per heavy atom. The Morgan fingerprint density at radius 3 is 1.44 bits per heavy atom. The Morgan fingerprint density at radius 1 is 0.815 bits per heavy atom. The van der Waals surface area contributed by atoms with Crippen LogP contribution in [0, 0.1) is 19.9 Å². The minimum atomic E-state index is -4.27. The SMILES string of the molecule is C[PH+](C)C.C[PH+](C)C.Cc1[c-]cccc1.Cc1ccc(S(=O)(=O)[O-])cc1.[Ni+2]. The van der Waals surface area contributed by atoms with Crippen LogP contribution in [-0.4, -0.2) is 53.0 Å². The second-order valence-corrected chi connectivity index (χ2v) is 14.2. The summed E-state index contributed by atoms with van der Waals surface area (Å²) in [6, 6.07) is 16.7. The summed E-state index contributed by atoms with van der Waals surface area (Å²) in [7, 11) is -4.03. The van der Waals surface area contributed by atoms with Crippen molar-refractivity contribution in [2.24, 2.45) is 0 Å². The molecule has 7 heteroatoms. The average molecular weight is 475 g/mol. The van der Waals surface area contributed by atoms with Crippen LogP contribution in [0.15, 0.2) is 53.4 Å². The molecule has 0 bridgehead atoms. The molecule has 0 aromatic heterocycles. The molecule has 0 aliphatic carbocycles. The number of rotatable bonds is 1. The molecular weight excluding hydrogens is 441 g/mol. The van der Waals surface area contributed by atoms with E-state index in [9.17, 15) is 13.0 Å². The van der Waals surface area contributed by atoms with Crippen molar-refractivity contribution in [1.82, 2.24) is 0 Å². The van der Waals surface area contributed by atoms with Gasteiger partial charge < -0.3 is 4.55 Å². The van der Waals surface area contributed by atoms with Crippen molar-refractivity contribution >= 4 is 26.0 Å². The molecule has 0 unspecified atom stereocenters. The molecule has 0 radical (unpaired) electrons. The number of benzene rings is 2. The van der Waals surface area contributed by atoms with Crippen LogP contribution in [0.25, 0.3) is 0 Å². The zero-order valence-electron chi connectivity index (χ0n) is 17.6. The largest absolute Gasteiger partial charge is 2.00 e. The van der Waals surface area contributed by atoms with Crippen LogP contribution in [0.4, 0.5) is 0 Å². The fourth-order valence-electron chi connectivity index (χ4n) is 1.19. The van der Waals surface area contributed by atoms with Crippen molar-refractivity contribution in [2.45, 2.75) is 18.7 Å². The zero-order chi connectivity index (χ0) is 20.8. The van der Waals surface area contributed by atoms with E-state index >= 15 is 0 Å². The molecule has 0 heterocycles. The molecular formula is C20H34NiO3P2S+2. The molecule has 0 atom stereocenters. The number of hydrogen-bond donors (Lipinski definition) is 0. The first kappa shape index (κ1) is 31.4. The summed E-state index contributed by atoms with van der Waals surface area (Å²) >= 11 is 0. The molecule has 2 rings (SSSR count). The standard InChI is InChI=1S/C7H8O3S.C7H7.2C3H9P.Ni/c1-6-2-4-7(5-3-6)11(8,9)10;1-7-5-3-2-4-6-7;2*1-4(2)3;/h2-5H,1H3,(H,8,9,10);2-5H,1H3;2*1-3H3;/q;-1;;;+2/p+1. The van der Waals surface area contributed by atoms with Gasteiger partial charge >= 0.3 is 16.5 Å². The Bertz CT molecular complexity index is 663. The predicted molar refractivity (Wildman–Crippen MR) is 121 cm³/mol. The number of aryl methyl sites for hydroxylation is 2. The zero-order valence-corrected chi connectivity index (χ0v) is 21.4. The number of hydrogen-bond acceptors (Lipinski definition) is 3. The molecule has 0 aliphatic rings. The van der Waals surface area contributed by atoms with E-state index in [-0.39, 0.29) is 37.2 Å². The molecule has 0 spiro atoms. The van der Waals surface area contributed by atoms with E-state index in [4.69, 9.17) is 0 Å². The van der Waals surface area contributed by atoms with E-state index in [0.717, 1.165) is 5.56 Å². The molecule has 0 N–H and O–H groups in total. The molecule has 156 valence electrons. The second kappa shape index (κ2) is 17.8. The van der Waals surface area contributed by atoms with Gasteiger partial charge in [0, 0.05) is 40.0 Å². The average Bonchev–Trinajstić information content (AvgIpc) is 2.47. The van der Waals surface area contributed by atoms with Gasteiger partial charge in [0.25, 0.3) is 0 Å². The van der Waals surface area contributed by atoms with Gasteiger partial charge in [-0.05, 0) is 34.9 Å². The Balaban J connectivity index is -0.000000312. The molecule has 0 aliphatic heterocycles. The van der Waals surface area contributed by atoms with E-state index in [1.807, 2.05) is 38.1 Å². The van der Waals surface area contributed by atoms with Crippen LogP contribution in [0.5, 0.6) is 0 Å². The van der Waals surface area contributed by atoms with E-state index in [1.54, 1.807) is 12.1 Å². The van der Waals surface area contributed by atoms with Crippen LogP contribution in [-0.2, 0) is 26.6 Å². The van der Waals surface area contributed by atoms with Gasteiger partial charge in [0.15, 0.2) is 0 Å². The molecule has 0 fully saturated rings. The monoisotopic (exact) mass is 474 g/mol. The first-order valence-corrected chi connectivity index (χ1v) is 15.8. The smallest absolute Gasteiger partial charge is 0.744 e. The van der Waals surface area contributed by atoms with E-state index in [0.29, 0.717) is 0 Å². The van der Waals surface area contributed by atoms with Crippen molar-refractivity contribution in [2.75, 3.05) is 40.0 Å². The van der Waals surface area contributed by atoms with Gasteiger partial charge in [-0.3, -0.25) is 0 Å². The Hall–Kier alpha value is -0.296. The Labute approximate surface area is 179 Å². The quantitative estimate of drug-likeness (QED) is 0.256. The maximum absolute atomic E-state index is 10.4. The van der Waals surface area contributed by atoms with Crippen molar-refractivity contribution in [1.29, 1.82) is 0 Å². The van der Waals surface area contributed by atoms with Gasteiger partial charge in [-0.2, -0.15) is 35.9 Å². The normalized spacial score (nSPS) is 9.59. The van der Waals surface area contributed by atoms with Gasteiger partial charge in [0.1, 0.15) is 10.1 Å². The van der Waals surface area contributed by atoms with Gasteiger partial charge in [0.05, 0.1) is 4.90 Å². The maximum Gasteiger partial charge on any atom is 2.00 e. The first-order chi connectivity index (χ1) is 11.9. The molecule has 27 heavy (non-hydrogen) atoms. The Kier molecular flexibility index (Phi) is 20.7. The third-order valence-electron chi connectivity index (χ3n) is 2.17. The molecule has 0 amide bonds. The van der Waals surface area contributed by atoms with Gasteiger partial charge in [-0.15, -0.1) is 0 Å². The summed E-state index contributed by atoms with van der Waals surface area (Å²) in [5.74, 6) is 0. The van der Waals surface area contributed by atoms with E-state index in [1.165, 1.54) is 17.7 Å². The third kappa shape index (κ3) is 25.7. The summed E-state index contributed by atoms with van der Waals surface area (Å²) in [5, 5.41) is 0. The van der Waals surface area contributed by atoms with Gasteiger partial charge in [-0.25, -0.2) is 8.42 Å². The van der Waals surface area contributed by atoms with Crippen LogP contribution in [0.2, 0.25) is 0 Å². The van der Waals surface area contributed by atoms with Crippen molar-refractivity contribution in [3.63, 3.8) is 0 Å². The molecule has 0 saturated heterocycles.